The molecule has 2 rings (SSSR count). The lowest BCUT2D eigenvalue weighted by atomic mass is 10.3. The molecule has 0 saturated heterocycles. The van der Waals surface area contributed by atoms with E-state index in [-0.39, 0.29) is 12.3 Å². The molecule has 7 heteroatoms. The Labute approximate surface area is 122 Å². The van der Waals surface area contributed by atoms with Crippen LogP contribution >= 0.6 is 27.3 Å². The highest BCUT2D eigenvalue weighted by Gasteiger charge is 2.11. The molecule has 2 aromatic rings. The number of rotatable bonds is 4. The number of ether oxygens (including phenoxy) is 1. The van der Waals surface area contributed by atoms with Crippen molar-refractivity contribution in [1.82, 2.24) is 4.98 Å². The van der Waals surface area contributed by atoms with Gasteiger partial charge in [0, 0.05) is 10.5 Å². The molecule has 98 valence electrons. The minimum atomic E-state index is -0.359. The molecule has 0 bridgehead atoms. The van der Waals surface area contributed by atoms with Crippen LogP contribution in [0.1, 0.15) is 13.3 Å². The summed E-state index contributed by atoms with van der Waals surface area (Å²) in [5, 5.41) is 11.5. The van der Waals surface area contributed by atoms with Crippen LogP contribution in [0.2, 0.25) is 0 Å². The molecule has 19 heavy (non-hydrogen) atoms. The fourth-order valence-corrected chi connectivity index (χ4v) is 3.05. The van der Waals surface area contributed by atoms with Crippen molar-refractivity contribution < 1.29 is 9.53 Å². The summed E-state index contributed by atoms with van der Waals surface area (Å²) in [6.45, 7) is 2.49. The highest BCUT2D eigenvalue weighted by Crippen LogP contribution is 2.35. The Balaban J connectivity index is 2.32. The lowest BCUT2D eigenvalue weighted by Gasteiger charge is -2.02. The number of aromatic nitrogens is 1. The first-order valence-corrected chi connectivity index (χ1v) is 7.14. The van der Waals surface area contributed by atoms with Crippen molar-refractivity contribution >= 4 is 48.5 Å². The van der Waals surface area contributed by atoms with E-state index >= 15 is 0 Å². The number of nitrogens with one attached hydrogen (secondary N) is 1. The van der Waals surface area contributed by atoms with Gasteiger partial charge in [0.15, 0.2) is 5.13 Å². The number of nitrogens with zero attached hydrogens (tertiary/aromatic N) is 2. The summed E-state index contributed by atoms with van der Waals surface area (Å²) in [6.07, 6.45) is -0.179. The molecule has 1 aromatic heterocycles. The van der Waals surface area contributed by atoms with Gasteiger partial charge in [-0.15, -0.1) is 0 Å². The Morgan fingerprint density at radius 2 is 2.42 bits per heavy atom. The van der Waals surface area contributed by atoms with E-state index < -0.39 is 0 Å². The van der Waals surface area contributed by atoms with Gasteiger partial charge in [0.25, 0.3) is 0 Å². The number of anilines is 1. The van der Waals surface area contributed by atoms with E-state index in [1.54, 1.807) is 6.07 Å². The fraction of sp³-hybridized carbons (Fsp3) is 0.250. The summed E-state index contributed by atoms with van der Waals surface area (Å²) in [5.74, 6) is 0.366. The van der Waals surface area contributed by atoms with E-state index in [0.717, 1.165) is 20.4 Å². The molecule has 0 saturated carbocycles. The molecule has 1 aromatic carbocycles. The van der Waals surface area contributed by atoms with Crippen molar-refractivity contribution in [2.24, 2.45) is 0 Å². The number of nitriles is 1. The molecule has 0 spiro atoms. The topological polar surface area (TPSA) is 75.0 Å². The van der Waals surface area contributed by atoms with Crippen LogP contribution in [0.15, 0.2) is 16.6 Å². The molecule has 0 aliphatic rings. The normalized spacial score (nSPS) is 10.2. The number of carbonyl (C=O) groups is 1. The van der Waals surface area contributed by atoms with Crippen molar-refractivity contribution in [2.75, 3.05) is 11.9 Å². The predicted octanol–water partition coefficient (Wildman–Crippen LogP) is 3.31. The molecule has 0 aliphatic heterocycles. The quantitative estimate of drug-likeness (QED) is 0.927. The number of hydrogen-bond donors (Lipinski definition) is 1. The molecular formula is C12H10BrN3O2S. The Hall–Kier alpha value is -1.65. The van der Waals surface area contributed by atoms with Gasteiger partial charge in [-0.2, -0.15) is 5.26 Å². The molecular weight excluding hydrogens is 330 g/mol. The van der Waals surface area contributed by atoms with E-state index in [1.165, 1.54) is 11.3 Å². The second kappa shape index (κ2) is 5.99. The molecule has 0 atom stereocenters. The summed E-state index contributed by atoms with van der Waals surface area (Å²) >= 11 is 4.80. The van der Waals surface area contributed by atoms with Crippen LogP contribution in [0.4, 0.5) is 5.13 Å². The zero-order valence-electron chi connectivity index (χ0n) is 10.1. The van der Waals surface area contributed by atoms with Crippen LogP contribution in [0.25, 0.3) is 10.2 Å². The lowest BCUT2D eigenvalue weighted by Crippen LogP contribution is -2.09. The lowest BCUT2D eigenvalue weighted by molar-refractivity contribution is -0.115. The number of hydrogen-bond acceptors (Lipinski definition) is 5. The Morgan fingerprint density at radius 1 is 1.63 bits per heavy atom. The van der Waals surface area contributed by atoms with Crippen molar-refractivity contribution in [2.45, 2.75) is 13.3 Å². The number of thiazole rings is 1. The standard InChI is InChI=1S/C12H10BrN3O2S/c1-2-18-7-5-8(13)11-9(6-7)15-12(19-11)16-10(17)3-4-14/h5-6H,2-3H2,1H3,(H,15,16,17). The van der Waals surface area contributed by atoms with Gasteiger partial charge in [0.2, 0.25) is 5.91 Å². The Kier molecular flexibility index (Phi) is 4.35. The maximum Gasteiger partial charge on any atom is 0.240 e. The van der Waals surface area contributed by atoms with E-state index in [1.807, 2.05) is 19.1 Å². The average Bonchev–Trinajstić information content (AvgIpc) is 2.72. The number of carbonyl (C=O) groups excluding carboxylic acids is 1. The second-order valence-corrected chi connectivity index (χ2v) is 5.44. The zero-order valence-corrected chi connectivity index (χ0v) is 12.5. The van der Waals surface area contributed by atoms with E-state index in [4.69, 9.17) is 10.00 Å². The van der Waals surface area contributed by atoms with E-state index in [9.17, 15) is 4.79 Å². The van der Waals surface area contributed by atoms with Crippen LogP contribution in [-0.4, -0.2) is 17.5 Å². The van der Waals surface area contributed by atoms with Crippen molar-refractivity contribution in [3.63, 3.8) is 0 Å². The van der Waals surface area contributed by atoms with Crippen molar-refractivity contribution in [3.05, 3.63) is 16.6 Å². The molecule has 0 fully saturated rings. The van der Waals surface area contributed by atoms with Gasteiger partial charge in [-0.3, -0.25) is 4.79 Å². The molecule has 1 N–H and O–H groups in total. The molecule has 0 unspecified atom stereocenters. The third kappa shape index (κ3) is 3.22. The first-order valence-electron chi connectivity index (χ1n) is 5.53. The third-order valence-corrected chi connectivity index (χ3v) is 4.12. The summed E-state index contributed by atoms with van der Waals surface area (Å²) in [4.78, 5) is 15.6. The highest BCUT2D eigenvalue weighted by molar-refractivity contribution is 9.10. The first-order chi connectivity index (χ1) is 9.13. The number of amides is 1. The molecule has 0 aliphatic carbocycles. The number of halogens is 1. The summed E-state index contributed by atoms with van der Waals surface area (Å²) in [6, 6.07) is 5.48. The smallest absolute Gasteiger partial charge is 0.240 e. The first kappa shape index (κ1) is 13.8. The van der Waals surface area contributed by atoms with Gasteiger partial charge in [0.1, 0.15) is 12.2 Å². The van der Waals surface area contributed by atoms with Gasteiger partial charge in [0.05, 0.1) is 22.9 Å². The van der Waals surface area contributed by atoms with Crippen LogP contribution in [0.3, 0.4) is 0 Å². The largest absolute Gasteiger partial charge is 0.494 e. The van der Waals surface area contributed by atoms with Crippen LogP contribution < -0.4 is 10.1 Å². The molecule has 1 amide bonds. The Morgan fingerprint density at radius 3 is 3.11 bits per heavy atom. The van der Waals surface area contributed by atoms with Crippen molar-refractivity contribution in [3.8, 4) is 11.8 Å². The average molecular weight is 340 g/mol. The molecule has 0 radical (unpaired) electrons. The second-order valence-electron chi connectivity index (χ2n) is 3.59. The van der Waals surface area contributed by atoms with Gasteiger partial charge in [-0.25, -0.2) is 4.98 Å². The summed E-state index contributed by atoms with van der Waals surface area (Å²) in [5.41, 5.74) is 0.745. The maximum atomic E-state index is 11.3. The van der Waals surface area contributed by atoms with Crippen molar-refractivity contribution in [1.29, 1.82) is 5.26 Å². The maximum absolute atomic E-state index is 11.3. The zero-order chi connectivity index (χ0) is 13.8. The van der Waals surface area contributed by atoms with E-state index in [2.05, 4.69) is 26.2 Å². The minimum absolute atomic E-state index is 0.179. The van der Waals surface area contributed by atoms with E-state index in [0.29, 0.717) is 11.7 Å². The van der Waals surface area contributed by atoms with Crippen LogP contribution in [0, 0.1) is 11.3 Å². The van der Waals surface area contributed by atoms with Gasteiger partial charge in [-0.05, 0) is 28.9 Å². The fourth-order valence-electron chi connectivity index (χ4n) is 1.51. The Bertz CT molecular complexity index is 663. The molecule has 1 heterocycles. The highest BCUT2D eigenvalue weighted by atomic mass is 79.9. The van der Waals surface area contributed by atoms with Gasteiger partial charge >= 0.3 is 0 Å². The van der Waals surface area contributed by atoms with Gasteiger partial charge < -0.3 is 10.1 Å². The number of benzene rings is 1. The summed E-state index contributed by atoms with van der Waals surface area (Å²) < 4.78 is 7.22. The van der Waals surface area contributed by atoms with Gasteiger partial charge in [-0.1, -0.05) is 11.3 Å². The minimum Gasteiger partial charge on any atom is -0.494 e. The third-order valence-electron chi connectivity index (χ3n) is 2.22. The predicted molar refractivity (Wildman–Crippen MR) is 77.3 cm³/mol. The van der Waals surface area contributed by atoms with Crippen LogP contribution in [0.5, 0.6) is 5.75 Å². The van der Waals surface area contributed by atoms with Crippen LogP contribution in [-0.2, 0) is 4.79 Å². The molecule has 5 nitrogen and oxygen atoms in total. The monoisotopic (exact) mass is 339 g/mol. The number of fused-ring (bicyclic) bond motifs is 1. The summed E-state index contributed by atoms with van der Waals surface area (Å²) in [7, 11) is 0. The SMILES string of the molecule is CCOc1cc(Br)c2sc(NC(=O)CC#N)nc2c1.